The predicted octanol–water partition coefficient (Wildman–Crippen LogP) is 1.40. The van der Waals surface area contributed by atoms with Crippen molar-refractivity contribution in [3.05, 3.63) is 33.3 Å². The zero-order valence-electron chi connectivity index (χ0n) is 14.4. The van der Waals surface area contributed by atoms with Crippen molar-refractivity contribution >= 4 is 44.9 Å². The van der Waals surface area contributed by atoms with Gasteiger partial charge in [0.25, 0.3) is 11.6 Å². The summed E-state index contributed by atoms with van der Waals surface area (Å²) in [6.45, 7) is -0.201. The van der Waals surface area contributed by atoms with Gasteiger partial charge in [-0.15, -0.1) is 0 Å². The van der Waals surface area contributed by atoms with Crippen LogP contribution in [0.1, 0.15) is 12.8 Å². The average molecular weight is 420 g/mol. The number of benzene rings is 1. The van der Waals surface area contributed by atoms with Crippen LogP contribution in [0, 0.1) is 16.0 Å². The van der Waals surface area contributed by atoms with Gasteiger partial charge in [0.1, 0.15) is 5.69 Å². The van der Waals surface area contributed by atoms with Crippen LogP contribution < -0.4 is 5.32 Å². The van der Waals surface area contributed by atoms with Crippen molar-refractivity contribution in [1.82, 2.24) is 4.31 Å². The molecule has 1 aliphatic heterocycles. The molecule has 10 nitrogen and oxygen atoms in total. The molecule has 148 valence electrons. The second kappa shape index (κ2) is 8.63. The summed E-state index contributed by atoms with van der Waals surface area (Å²) >= 11 is 5.77. The van der Waals surface area contributed by atoms with Crippen LogP contribution in [0.25, 0.3) is 0 Å². The van der Waals surface area contributed by atoms with E-state index in [-0.39, 0.29) is 29.5 Å². The van der Waals surface area contributed by atoms with E-state index in [1.807, 2.05) is 0 Å². The number of hydrogen-bond acceptors (Lipinski definition) is 7. The van der Waals surface area contributed by atoms with E-state index in [0.717, 1.165) is 12.3 Å². The molecule has 0 aromatic heterocycles. The molecular formula is C15H18ClN3O7S. The number of nitro groups is 1. The molecule has 0 aliphatic carbocycles. The Morgan fingerprint density at radius 1 is 1.37 bits per heavy atom. The average Bonchev–Trinajstić information content (AvgIpc) is 2.59. The smallest absolute Gasteiger partial charge is 0.309 e. The lowest BCUT2D eigenvalue weighted by Gasteiger charge is -2.28. The van der Waals surface area contributed by atoms with E-state index in [0.29, 0.717) is 12.8 Å². The Labute approximate surface area is 160 Å². The van der Waals surface area contributed by atoms with E-state index in [1.165, 1.54) is 16.4 Å². The van der Waals surface area contributed by atoms with E-state index >= 15 is 0 Å². The molecule has 1 aliphatic rings. The molecule has 0 saturated carbocycles. The minimum atomic E-state index is -3.30. The van der Waals surface area contributed by atoms with Gasteiger partial charge in [0, 0.05) is 24.2 Å². The van der Waals surface area contributed by atoms with Crippen molar-refractivity contribution in [2.75, 3.05) is 31.3 Å². The minimum Gasteiger partial charge on any atom is -0.455 e. The highest BCUT2D eigenvalue weighted by atomic mass is 35.5. The van der Waals surface area contributed by atoms with Crippen LogP contribution in [-0.4, -0.2) is 55.5 Å². The second-order valence-electron chi connectivity index (χ2n) is 6.01. The number of nitrogens with one attached hydrogen (secondary N) is 1. The third-order valence-electron chi connectivity index (χ3n) is 4.03. The highest BCUT2D eigenvalue weighted by Crippen LogP contribution is 2.27. The van der Waals surface area contributed by atoms with Gasteiger partial charge in [-0.25, -0.2) is 12.7 Å². The largest absolute Gasteiger partial charge is 0.455 e. The zero-order chi connectivity index (χ0) is 20.2. The van der Waals surface area contributed by atoms with Gasteiger partial charge in [-0.3, -0.25) is 19.7 Å². The summed E-state index contributed by atoms with van der Waals surface area (Å²) in [5.74, 6) is -1.86. The molecule has 1 saturated heterocycles. The van der Waals surface area contributed by atoms with Crippen molar-refractivity contribution in [2.24, 2.45) is 5.92 Å². The van der Waals surface area contributed by atoms with Crippen LogP contribution in [0.5, 0.6) is 0 Å². The predicted molar refractivity (Wildman–Crippen MR) is 96.8 cm³/mol. The standard InChI is InChI=1S/C15H18ClN3O7S/c1-27(24,25)18-6-4-10(5-7-18)15(21)26-9-14(20)17-12-8-11(16)2-3-13(12)19(22)23/h2-3,8,10H,4-7,9H2,1H3,(H,17,20). The number of halogens is 1. The molecule has 1 amide bonds. The fourth-order valence-electron chi connectivity index (χ4n) is 2.63. The molecule has 1 N–H and O–H groups in total. The Kier molecular flexibility index (Phi) is 6.73. The van der Waals surface area contributed by atoms with Crippen LogP contribution in [0.2, 0.25) is 5.02 Å². The Hall–Kier alpha value is -2.24. The van der Waals surface area contributed by atoms with Crippen LogP contribution >= 0.6 is 11.6 Å². The van der Waals surface area contributed by atoms with E-state index in [9.17, 15) is 28.1 Å². The Bertz CT molecular complexity index is 851. The maximum atomic E-state index is 12.0. The first-order valence-corrected chi connectivity index (χ1v) is 10.2. The zero-order valence-corrected chi connectivity index (χ0v) is 16.0. The number of anilines is 1. The highest BCUT2D eigenvalue weighted by Gasteiger charge is 2.30. The summed E-state index contributed by atoms with van der Waals surface area (Å²) in [7, 11) is -3.30. The maximum absolute atomic E-state index is 12.0. The topological polar surface area (TPSA) is 136 Å². The van der Waals surface area contributed by atoms with Crippen molar-refractivity contribution < 1.29 is 27.7 Å². The van der Waals surface area contributed by atoms with Gasteiger partial charge in [-0.05, 0) is 25.0 Å². The number of sulfonamides is 1. The summed E-state index contributed by atoms with van der Waals surface area (Å²) < 4.78 is 29.1. The number of esters is 1. The van der Waals surface area contributed by atoms with E-state index in [2.05, 4.69) is 5.32 Å². The van der Waals surface area contributed by atoms with Crippen molar-refractivity contribution in [2.45, 2.75) is 12.8 Å². The van der Waals surface area contributed by atoms with Gasteiger partial charge in [0.05, 0.1) is 17.1 Å². The normalized spacial score (nSPS) is 15.9. The lowest BCUT2D eigenvalue weighted by Crippen LogP contribution is -2.40. The van der Waals surface area contributed by atoms with Crippen molar-refractivity contribution in [3.8, 4) is 0 Å². The summed E-state index contributed by atoms with van der Waals surface area (Å²) in [5, 5.41) is 13.5. The van der Waals surface area contributed by atoms with Gasteiger partial charge in [0.2, 0.25) is 10.0 Å². The van der Waals surface area contributed by atoms with E-state index in [4.69, 9.17) is 16.3 Å². The molecular weight excluding hydrogens is 402 g/mol. The monoisotopic (exact) mass is 419 g/mol. The van der Waals surface area contributed by atoms with Crippen molar-refractivity contribution in [3.63, 3.8) is 0 Å². The first-order valence-electron chi connectivity index (χ1n) is 7.93. The number of piperidine rings is 1. The molecule has 1 aromatic rings. The Balaban J connectivity index is 1.87. The molecule has 1 aromatic carbocycles. The quantitative estimate of drug-likeness (QED) is 0.418. The first-order chi connectivity index (χ1) is 12.6. The van der Waals surface area contributed by atoms with Crippen LogP contribution in [0.15, 0.2) is 18.2 Å². The number of rotatable bonds is 6. The highest BCUT2D eigenvalue weighted by molar-refractivity contribution is 7.88. The van der Waals surface area contributed by atoms with E-state index in [1.54, 1.807) is 0 Å². The third-order valence-corrected chi connectivity index (χ3v) is 5.57. The van der Waals surface area contributed by atoms with Crippen LogP contribution in [0.3, 0.4) is 0 Å². The van der Waals surface area contributed by atoms with Crippen molar-refractivity contribution in [1.29, 1.82) is 0 Å². The number of hydrogen-bond donors (Lipinski definition) is 1. The lowest BCUT2D eigenvalue weighted by molar-refractivity contribution is -0.383. The number of ether oxygens (including phenoxy) is 1. The fourth-order valence-corrected chi connectivity index (χ4v) is 3.68. The van der Waals surface area contributed by atoms with Gasteiger partial charge in [-0.1, -0.05) is 11.6 Å². The van der Waals surface area contributed by atoms with Gasteiger partial charge in [-0.2, -0.15) is 0 Å². The molecule has 0 bridgehead atoms. The molecule has 1 fully saturated rings. The summed E-state index contributed by atoms with van der Waals surface area (Å²) in [6.07, 6.45) is 1.70. The number of nitro benzene ring substituents is 1. The van der Waals surface area contributed by atoms with Crippen LogP contribution in [0.4, 0.5) is 11.4 Å². The molecule has 0 unspecified atom stereocenters. The fraction of sp³-hybridized carbons (Fsp3) is 0.467. The molecule has 0 spiro atoms. The Morgan fingerprint density at radius 3 is 2.56 bits per heavy atom. The maximum Gasteiger partial charge on any atom is 0.309 e. The minimum absolute atomic E-state index is 0.102. The Morgan fingerprint density at radius 2 is 2.00 bits per heavy atom. The first kappa shape index (κ1) is 21.1. The molecule has 1 heterocycles. The molecule has 0 radical (unpaired) electrons. The van der Waals surface area contributed by atoms with Gasteiger partial charge in [0.15, 0.2) is 6.61 Å². The summed E-state index contributed by atoms with van der Waals surface area (Å²) in [4.78, 5) is 34.3. The lowest BCUT2D eigenvalue weighted by atomic mass is 9.98. The summed E-state index contributed by atoms with van der Waals surface area (Å²) in [6, 6.07) is 3.69. The SMILES string of the molecule is CS(=O)(=O)N1CCC(C(=O)OCC(=O)Nc2cc(Cl)ccc2[N+](=O)[O-])CC1. The van der Waals surface area contributed by atoms with E-state index < -0.39 is 39.3 Å². The number of nitrogens with zero attached hydrogens (tertiary/aromatic N) is 2. The molecule has 27 heavy (non-hydrogen) atoms. The second-order valence-corrected chi connectivity index (χ2v) is 8.43. The molecule has 0 atom stereocenters. The number of amides is 1. The van der Waals surface area contributed by atoms with Gasteiger partial charge >= 0.3 is 5.97 Å². The van der Waals surface area contributed by atoms with Gasteiger partial charge < -0.3 is 10.1 Å². The number of carbonyl (C=O) groups excluding carboxylic acids is 2. The third kappa shape index (κ3) is 5.88. The number of carbonyl (C=O) groups is 2. The molecule has 12 heteroatoms. The summed E-state index contributed by atoms with van der Waals surface area (Å²) in [5.41, 5.74) is -0.442. The van der Waals surface area contributed by atoms with Crippen LogP contribution in [-0.2, 0) is 24.3 Å². The molecule has 2 rings (SSSR count).